The molecule has 0 aliphatic rings. The fourth-order valence-electron chi connectivity index (χ4n) is 0.688. The van der Waals surface area contributed by atoms with Crippen molar-refractivity contribution >= 4 is 0 Å². The van der Waals surface area contributed by atoms with Gasteiger partial charge in [0.1, 0.15) is 5.82 Å². The van der Waals surface area contributed by atoms with Gasteiger partial charge in [-0.05, 0) is 6.92 Å². The number of imidazole rings is 1. The molecule has 1 aromatic rings. The molecular weight excluding hydrogens is 130 g/mol. The minimum Gasteiger partial charge on any atom is -0.391 e. The second-order valence-corrected chi connectivity index (χ2v) is 2.24. The first-order valence-electron chi connectivity index (χ1n) is 3.14. The highest BCUT2D eigenvalue weighted by Crippen LogP contribution is 2.06. The summed E-state index contributed by atoms with van der Waals surface area (Å²) in [6.45, 7) is 1.63. The van der Waals surface area contributed by atoms with Gasteiger partial charge in [-0.2, -0.15) is 0 Å². The van der Waals surface area contributed by atoms with Crippen LogP contribution in [0.5, 0.6) is 0 Å². The van der Waals surface area contributed by atoms with E-state index in [1.54, 1.807) is 19.3 Å². The van der Waals surface area contributed by atoms with Crippen molar-refractivity contribution in [2.24, 2.45) is 5.73 Å². The Bertz CT molecular complexity index is 183. The van der Waals surface area contributed by atoms with Crippen molar-refractivity contribution in [2.75, 3.05) is 0 Å². The van der Waals surface area contributed by atoms with E-state index in [0.29, 0.717) is 5.82 Å². The Balaban J connectivity index is 2.68. The van der Waals surface area contributed by atoms with Crippen LogP contribution in [0.4, 0.5) is 0 Å². The zero-order valence-corrected chi connectivity index (χ0v) is 5.78. The van der Waals surface area contributed by atoms with E-state index in [0.717, 1.165) is 0 Å². The molecular formula is C6H11N3O. The molecule has 4 nitrogen and oxygen atoms in total. The largest absolute Gasteiger partial charge is 0.391 e. The van der Waals surface area contributed by atoms with Crippen molar-refractivity contribution in [1.82, 2.24) is 9.97 Å². The number of H-pyrrole nitrogens is 1. The van der Waals surface area contributed by atoms with Crippen LogP contribution in [-0.4, -0.2) is 21.2 Å². The Morgan fingerprint density at radius 1 is 1.80 bits per heavy atom. The Labute approximate surface area is 59.1 Å². The van der Waals surface area contributed by atoms with Gasteiger partial charge in [-0.25, -0.2) is 4.98 Å². The number of nitrogens with zero attached hydrogens (tertiary/aromatic N) is 1. The van der Waals surface area contributed by atoms with Gasteiger partial charge in [0.15, 0.2) is 0 Å². The van der Waals surface area contributed by atoms with Crippen molar-refractivity contribution in [2.45, 2.75) is 19.1 Å². The molecule has 0 amide bonds. The molecule has 0 aliphatic heterocycles. The number of nitrogens with two attached hydrogens (primary N) is 1. The standard InChI is InChI=1S/C6H11N3O/c1-4(10)5(7)6-8-2-3-9-6/h2-5,10H,7H2,1H3,(H,8,9). The fourth-order valence-corrected chi connectivity index (χ4v) is 0.688. The zero-order chi connectivity index (χ0) is 7.56. The van der Waals surface area contributed by atoms with E-state index in [1.165, 1.54) is 0 Å². The van der Waals surface area contributed by atoms with E-state index in [4.69, 9.17) is 10.8 Å². The van der Waals surface area contributed by atoms with Gasteiger partial charge in [0, 0.05) is 12.4 Å². The molecule has 1 rings (SSSR count). The molecule has 2 atom stereocenters. The van der Waals surface area contributed by atoms with Gasteiger partial charge in [0.05, 0.1) is 12.1 Å². The summed E-state index contributed by atoms with van der Waals surface area (Å²) in [5, 5.41) is 9.01. The second kappa shape index (κ2) is 2.81. The van der Waals surface area contributed by atoms with Crippen LogP contribution in [0.2, 0.25) is 0 Å². The lowest BCUT2D eigenvalue weighted by Crippen LogP contribution is -2.24. The Hall–Kier alpha value is -0.870. The van der Waals surface area contributed by atoms with E-state index in [2.05, 4.69) is 9.97 Å². The van der Waals surface area contributed by atoms with E-state index in [9.17, 15) is 0 Å². The third-order valence-corrected chi connectivity index (χ3v) is 1.35. The minimum absolute atomic E-state index is 0.407. The molecule has 4 N–H and O–H groups in total. The Kier molecular flexibility index (Phi) is 2.03. The summed E-state index contributed by atoms with van der Waals surface area (Å²) in [6, 6.07) is -0.407. The Morgan fingerprint density at radius 2 is 2.50 bits per heavy atom. The smallest absolute Gasteiger partial charge is 0.125 e. The van der Waals surface area contributed by atoms with Gasteiger partial charge >= 0.3 is 0 Å². The van der Waals surface area contributed by atoms with Gasteiger partial charge in [-0.3, -0.25) is 0 Å². The monoisotopic (exact) mass is 141 g/mol. The molecule has 10 heavy (non-hydrogen) atoms. The first-order chi connectivity index (χ1) is 4.72. The number of hydrogen-bond acceptors (Lipinski definition) is 3. The van der Waals surface area contributed by atoms with Gasteiger partial charge in [0.2, 0.25) is 0 Å². The maximum atomic E-state index is 9.01. The van der Waals surface area contributed by atoms with Crippen molar-refractivity contribution in [3.63, 3.8) is 0 Å². The van der Waals surface area contributed by atoms with Crippen LogP contribution < -0.4 is 5.73 Å². The third kappa shape index (κ3) is 1.34. The summed E-state index contributed by atoms with van der Waals surface area (Å²) in [4.78, 5) is 6.72. The highest BCUT2D eigenvalue weighted by Gasteiger charge is 2.12. The molecule has 0 radical (unpaired) electrons. The van der Waals surface area contributed by atoms with Crippen LogP contribution in [0, 0.1) is 0 Å². The highest BCUT2D eigenvalue weighted by molar-refractivity contribution is 4.95. The average molecular weight is 141 g/mol. The Morgan fingerprint density at radius 3 is 2.90 bits per heavy atom. The van der Waals surface area contributed by atoms with E-state index in [-0.39, 0.29) is 0 Å². The van der Waals surface area contributed by atoms with Gasteiger partial charge in [-0.15, -0.1) is 0 Å². The summed E-state index contributed by atoms with van der Waals surface area (Å²) in [7, 11) is 0. The van der Waals surface area contributed by atoms with Crippen molar-refractivity contribution in [1.29, 1.82) is 0 Å². The number of hydrogen-bond donors (Lipinski definition) is 3. The molecule has 0 aliphatic carbocycles. The summed E-state index contributed by atoms with van der Waals surface area (Å²) in [5.74, 6) is 0.620. The minimum atomic E-state index is -0.564. The lowest BCUT2D eigenvalue weighted by Gasteiger charge is -2.10. The molecule has 2 unspecified atom stereocenters. The van der Waals surface area contributed by atoms with Gasteiger partial charge < -0.3 is 15.8 Å². The summed E-state index contributed by atoms with van der Waals surface area (Å²) in [6.07, 6.45) is 2.72. The molecule has 4 heteroatoms. The first kappa shape index (κ1) is 7.24. The van der Waals surface area contributed by atoms with Crippen LogP contribution in [-0.2, 0) is 0 Å². The van der Waals surface area contributed by atoms with Gasteiger partial charge in [-0.1, -0.05) is 0 Å². The summed E-state index contributed by atoms with van der Waals surface area (Å²) < 4.78 is 0. The number of aliphatic hydroxyl groups excluding tert-OH is 1. The predicted octanol–water partition coefficient (Wildman–Crippen LogP) is -0.210. The number of rotatable bonds is 2. The number of aromatic nitrogens is 2. The maximum absolute atomic E-state index is 9.01. The quantitative estimate of drug-likeness (QED) is 0.533. The molecule has 0 fully saturated rings. The molecule has 1 heterocycles. The number of aromatic amines is 1. The fraction of sp³-hybridized carbons (Fsp3) is 0.500. The van der Waals surface area contributed by atoms with Crippen molar-refractivity contribution < 1.29 is 5.11 Å². The zero-order valence-electron chi connectivity index (χ0n) is 5.78. The first-order valence-corrected chi connectivity index (χ1v) is 3.14. The molecule has 0 spiro atoms. The van der Waals surface area contributed by atoms with Crippen molar-refractivity contribution in [3.8, 4) is 0 Å². The van der Waals surface area contributed by atoms with E-state index >= 15 is 0 Å². The normalized spacial score (nSPS) is 16.7. The van der Waals surface area contributed by atoms with Crippen molar-refractivity contribution in [3.05, 3.63) is 18.2 Å². The lowest BCUT2D eigenvalue weighted by atomic mass is 10.2. The predicted molar refractivity (Wildman–Crippen MR) is 37.2 cm³/mol. The number of aliphatic hydroxyl groups is 1. The molecule has 0 aromatic carbocycles. The van der Waals surface area contributed by atoms with E-state index in [1.807, 2.05) is 0 Å². The second-order valence-electron chi connectivity index (χ2n) is 2.24. The van der Waals surface area contributed by atoms with E-state index < -0.39 is 12.1 Å². The molecule has 1 aromatic heterocycles. The number of nitrogens with one attached hydrogen (secondary N) is 1. The molecule has 56 valence electrons. The molecule has 0 saturated heterocycles. The summed E-state index contributed by atoms with van der Waals surface area (Å²) >= 11 is 0. The SMILES string of the molecule is CC(O)C(N)c1ncc[nH]1. The van der Waals surface area contributed by atoms with Crippen LogP contribution >= 0.6 is 0 Å². The van der Waals surface area contributed by atoms with Crippen LogP contribution in [0.1, 0.15) is 18.8 Å². The van der Waals surface area contributed by atoms with Gasteiger partial charge in [0.25, 0.3) is 0 Å². The average Bonchev–Trinajstić information content (AvgIpc) is 2.36. The third-order valence-electron chi connectivity index (χ3n) is 1.35. The highest BCUT2D eigenvalue weighted by atomic mass is 16.3. The lowest BCUT2D eigenvalue weighted by molar-refractivity contribution is 0.161. The topological polar surface area (TPSA) is 74.9 Å². The van der Waals surface area contributed by atoms with Crippen LogP contribution in [0.15, 0.2) is 12.4 Å². The van der Waals surface area contributed by atoms with Crippen LogP contribution in [0.3, 0.4) is 0 Å². The maximum Gasteiger partial charge on any atom is 0.125 e. The molecule has 0 bridgehead atoms. The summed E-state index contributed by atoms with van der Waals surface area (Å²) in [5.41, 5.74) is 5.54. The molecule has 0 saturated carbocycles. The van der Waals surface area contributed by atoms with Crippen LogP contribution in [0.25, 0.3) is 0 Å².